The zero-order valence-corrected chi connectivity index (χ0v) is 12.5. The number of sulfone groups is 1. The first-order valence-corrected chi connectivity index (χ1v) is 9.41. The molecule has 1 aromatic carbocycles. The van der Waals surface area contributed by atoms with Crippen molar-refractivity contribution in [3.63, 3.8) is 0 Å². The van der Waals surface area contributed by atoms with Crippen LogP contribution in [0.5, 0.6) is 0 Å². The lowest BCUT2D eigenvalue weighted by atomic mass is 10.1. The van der Waals surface area contributed by atoms with E-state index in [0.717, 1.165) is 18.2 Å². The van der Waals surface area contributed by atoms with Crippen LogP contribution >= 0.6 is 0 Å². The second-order valence-electron chi connectivity index (χ2n) is 4.32. The molecule has 19 heavy (non-hydrogen) atoms. The molecule has 0 bridgehead atoms. The number of nitrogen functional groups attached to an aromatic ring is 1. The first-order chi connectivity index (χ1) is 8.63. The van der Waals surface area contributed by atoms with E-state index in [1.54, 1.807) is 12.1 Å². The maximum Gasteiger partial charge on any atom is 0.233 e. The molecule has 8 heteroatoms. The maximum atomic E-state index is 11.7. The highest BCUT2D eigenvalue weighted by molar-refractivity contribution is 7.95. The minimum Gasteiger partial charge on any atom is -0.398 e. The molecule has 0 saturated carbocycles. The van der Waals surface area contributed by atoms with Crippen LogP contribution in [0.4, 0.5) is 11.4 Å². The molecule has 0 radical (unpaired) electrons. The first-order valence-electron chi connectivity index (χ1n) is 5.69. The van der Waals surface area contributed by atoms with Gasteiger partial charge in [0.2, 0.25) is 10.0 Å². The highest BCUT2D eigenvalue weighted by Crippen LogP contribution is 2.19. The quantitative estimate of drug-likeness (QED) is 0.749. The molecular formula is C11H18N2O4S2. The van der Waals surface area contributed by atoms with E-state index in [1.807, 2.05) is 6.92 Å². The normalized spacial score (nSPS) is 12.3. The molecule has 0 spiro atoms. The summed E-state index contributed by atoms with van der Waals surface area (Å²) in [7, 11) is -7.00. The number of anilines is 2. The fourth-order valence-electron chi connectivity index (χ4n) is 1.47. The van der Waals surface area contributed by atoms with Crippen LogP contribution in [0.2, 0.25) is 0 Å². The molecule has 1 aromatic rings. The standard InChI is InChI=1S/C11H18N2O4S2/c1-3-9-4-5-10(8-11(9)12)13-19(16,17)7-6-18(2,14)15/h4-5,8,13H,3,6-7,12H2,1-2H3. The number of nitrogens with one attached hydrogen (secondary N) is 1. The van der Waals surface area contributed by atoms with Crippen molar-refractivity contribution >= 4 is 31.2 Å². The van der Waals surface area contributed by atoms with Crippen molar-refractivity contribution in [1.29, 1.82) is 0 Å². The third-order valence-electron chi connectivity index (χ3n) is 2.52. The third-order valence-corrected chi connectivity index (χ3v) is 5.02. The zero-order valence-electron chi connectivity index (χ0n) is 10.9. The molecule has 6 nitrogen and oxygen atoms in total. The Morgan fingerprint density at radius 2 is 1.79 bits per heavy atom. The predicted molar refractivity (Wildman–Crippen MR) is 77.4 cm³/mol. The lowest BCUT2D eigenvalue weighted by molar-refractivity contribution is 0.593. The predicted octanol–water partition coefficient (Wildman–Crippen LogP) is 0.618. The van der Waals surface area contributed by atoms with Crippen LogP contribution in [-0.4, -0.2) is 34.6 Å². The van der Waals surface area contributed by atoms with Gasteiger partial charge in [-0.05, 0) is 24.1 Å². The fraction of sp³-hybridized carbons (Fsp3) is 0.455. The lowest BCUT2D eigenvalue weighted by Gasteiger charge is -2.10. The average molecular weight is 306 g/mol. The van der Waals surface area contributed by atoms with Gasteiger partial charge in [0.15, 0.2) is 0 Å². The van der Waals surface area contributed by atoms with Crippen molar-refractivity contribution in [3.05, 3.63) is 23.8 Å². The van der Waals surface area contributed by atoms with Crippen LogP contribution in [0.15, 0.2) is 18.2 Å². The molecule has 0 fully saturated rings. The molecule has 0 unspecified atom stereocenters. The van der Waals surface area contributed by atoms with E-state index in [-0.39, 0.29) is 0 Å². The van der Waals surface area contributed by atoms with Crippen LogP contribution in [0.1, 0.15) is 12.5 Å². The van der Waals surface area contributed by atoms with E-state index in [4.69, 9.17) is 5.73 Å². The van der Waals surface area contributed by atoms with Gasteiger partial charge in [-0.25, -0.2) is 16.8 Å². The lowest BCUT2D eigenvalue weighted by Crippen LogP contribution is -2.22. The van der Waals surface area contributed by atoms with Crippen LogP contribution in [0, 0.1) is 0 Å². The molecule has 1 rings (SSSR count). The van der Waals surface area contributed by atoms with Crippen molar-refractivity contribution in [1.82, 2.24) is 0 Å². The smallest absolute Gasteiger partial charge is 0.233 e. The Morgan fingerprint density at radius 1 is 1.16 bits per heavy atom. The monoisotopic (exact) mass is 306 g/mol. The van der Waals surface area contributed by atoms with E-state index in [1.165, 1.54) is 6.07 Å². The number of sulfonamides is 1. The Kier molecular flexibility index (Phi) is 4.81. The van der Waals surface area contributed by atoms with Gasteiger partial charge in [0.1, 0.15) is 9.84 Å². The second-order valence-corrected chi connectivity index (χ2v) is 8.42. The number of hydrogen-bond acceptors (Lipinski definition) is 5. The summed E-state index contributed by atoms with van der Waals surface area (Å²) in [4.78, 5) is 0. The van der Waals surface area contributed by atoms with Crippen molar-refractivity contribution in [3.8, 4) is 0 Å². The second kappa shape index (κ2) is 5.79. The fourth-order valence-corrected chi connectivity index (χ4v) is 4.15. The number of hydrogen-bond donors (Lipinski definition) is 2. The van der Waals surface area contributed by atoms with E-state index in [0.29, 0.717) is 11.4 Å². The van der Waals surface area contributed by atoms with Crippen LogP contribution in [0.3, 0.4) is 0 Å². The van der Waals surface area contributed by atoms with Gasteiger partial charge in [0.25, 0.3) is 0 Å². The molecule has 0 aliphatic carbocycles. The molecular weight excluding hydrogens is 288 g/mol. The van der Waals surface area contributed by atoms with Crippen LogP contribution in [-0.2, 0) is 26.3 Å². The van der Waals surface area contributed by atoms with Gasteiger partial charge in [0, 0.05) is 11.9 Å². The molecule has 0 saturated heterocycles. The summed E-state index contributed by atoms with van der Waals surface area (Å²) >= 11 is 0. The third kappa shape index (κ3) is 5.48. The number of aryl methyl sites for hydroxylation is 1. The average Bonchev–Trinajstić information content (AvgIpc) is 2.25. The van der Waals surface area contributed by atoms with Crippen molar-refractivity contribution < 1.29 is 16.8 Å². The minimum absolute atomic E-state index is 0.336. The minimum atomic E-state index is -3.69. The Morgan fingerprint density at radius 3 is 2.26 bits per heavy atom. The van der Waals surface area contributed by atoms with E-state index in [9.17, 15) is 16.8 Å². The molecule has 0 amide bonds. The molecule has 0 aromatic heterocycles. The maximum absolute atomic E-state index is 11.7. The molecule has 3 N–H and O–H groups in total. The first kappa shape index (κ1) is 15.8. The summed E-state index contributed by atoms with van der Waals surface area (Å²) < 4.78 is 47.6. The van der Waals surface area contributed by atoms with E-state index < -0.39 is 31.4 Å². The van der Waals surface area contributed by atoms with Gasteiger partial charge in [-0.3, -0.25) is 4.72 Å². The number of rotatable bonds is 6. The van der Waals surface area contributed by atoms with Gasteiger partial charge in [-0.1, -0.05) is 13.0 Å². The molecule has 0 atom stereocenters. The highest BCUT2D eigenvalue weighted by atomic mass is 32.2. The summed E-state index contributed by atoms with van der Waals surface area (Å²) in [5.74, 6) is -0.883. The van der Waals surface area contributed by atoms with Gasteiger partial charge >= 0.3 is 0 Å². The highest BCUT2D eigenvalue weighted by Gasteiger charge is 2.14. The summed E-state index contributed by atoms with van der Waals surface area (Å²) in [6, 6.07) is 4.87. The summed E-state index contributed by atoms with van der Waals surface area (Å²) in [6.45, 7) is 1.95. The Labute approximate surface area is 114 Å². The van der Waals surface area contributed by atoms with Gasteiger partial charge in [-0.2, -0.15) is 0 Å². The number of benzene rings is 1. The molecule has 108 valence electrons. The topological polar surface area (TPSA) is 106 Å². The van der Waals surface area contributed by atoms with Crippen molar-refractivity contribution in [2.45, 2.75) is 13.3 Å². The summed E-state index contributed by atoms with van der Waals surface area (Å²) in [5, 5.41) is 0. The largest absolute Gasteiger partial charge is 0.398 e. The SMILES string of the molecule is CCc1ccc(NS(=O)(=O)CCS(C)(=O)=O)cc1N. The van der Waals surface area contributed by atoms with Gasteiger partial charge in [-0.15, -0.1) is 0 Å². The summed E-state index contributed by atoms with van der Waals surface area (Å²) in [5.41, 5.74) is 7.53. The van der Waals surface area contributed by atoms with Crippen LogP contribution in [0.25, 0.3) is 0 Å². The number of nitrogens with two attached hydrogens (primary N) is 1. The summed E-state index contributed by atoms with van der Waals surface area (Å²) in [6.07, 6.45) is 1.75. The van der Waals surface area contributed by atoms with Crippen LogP contribution < -0.4 is 10.5 Å². The van der Waals surface area contributed by atoms with Gasteiger partial charge in [0.05, 0.1) is 17.2 Å². The van der Waals surface area contributed by atoms with E-state index >= 15 is 0 Å². The Bertz CT molecular complexity index is 651. The molecule has 0 heterocycles. The van der Waals surface area contributed by atoms with Crippen molar-refractivity contribution in [2.24, 2.45) is 0 Å². The molecule has 0 aliphatic heterocycles. The van der Waals surface area contributed by atoms with E-state index in [2.05, 4.69) is 4.72 Å². The zero-order chi connectivity index (χ0) is 14.7. The molecule has 0 aliphatic rings. The van der Waals surface area contributed by atoms with Crippen molar-refractivity contribution in [2.75, 3.05) is 28.2 Å². The van der Waals surface area contributed by atoms with Gasteiger partial charge < -0.3 is 5.73 Å². The Hall–Kier alpha value is -1.28. The Balaban J connectivity index is 2.81.